The molecule has 132 valence electrons. The number of hydrogen-bond donors (Lipinski definition) is 0. The van der Waals surface area contributed by atoms with Crippen LogP contribution in [0.2, 0.25) is 0 Å². The number of carbonyl (C=O) groups is 2. The zero-order valence-electron chi connectivity index (χ0n) is 14.5. The summed E-state index contributed by atoms with van der Waals surface area (Å²) < 4.78 is 10.6. The van der Waals surface area contributed by atoms with Crippen molar-refractivity contribution in [2.45, 2.75) is 26.4 Å². The van der Waals surface area contributed by atoms with Crippen LogP contribution < -0.4 is 0 Å². The molecule has 0 aromatic rings. The number of morpholine rings is 1. The van der Waals surface area contributed by atoms with Gasteiger partial charge in [0.1, 0.15) is 5.60 Å². The molecular formula is C16H29N3O4. The summed E-state index contributed by atoms with van der Waals surface area (Å²) in [5.41, 5.74) is -0.451. The van der Waals surface area contributed by atoms with Crippen LogP contribution in [-0.4, -0.2) is 97.7 Å². The first-order valence-corrected chi connectivity index (χ1v) is 8.35. The average molecular weight is 327 g/mol. The summed E-state index contributed by atoms with van der Waals surface area (Å²) in [6.07, 6.45) is 0. The van der Waals surface area contributed by atoms with Gasteiger partial charge in [-0.2, -0.15) is 0 Å². The van der Waals surface area contributed by atoms with E-state index in [0.29, 0.717) is 52.5 Å². The van der Waals surface area contributed by atoms with E-state index in [1.165, 1.54) is 0 Å². The molecule has 0 unspecified atom stereocenters. The fourth-order valence-corrected chi connectivity index (χ4v) is 2.76. The van der Waals surface area contributed by atoms with E-state index in [-0.39, 0.29) is 11.9 Å². The Bertz CT molecular complexity index is 408. The maximum absolute atomic E-state index is 12.3. The molecule has 23 heavy (non-hydrogen) atoms. The molecule has 0 aliphatic carbocycles. The van der Waals surface area contributed by atoms with Crippen molar-refractivity contribution in [3.8, 4) is 0 Å². The van der Waals surface area contributed by atoms with E-state index < -0.39 is 5.60 Å². The van der Waals surface area contributed by atoms with Crippen molar-refractivity contribution in [1.82, 2.24) is 14.7 Å². The third-order valence-corrected chi connectivity index (χ3v) is 3.96. The lowest BCUT2D eigenvalue weighted by Gasteiger charge is -2.36. The molecule has 1 amide bonds. The van der Waals surface area contributed by atoms with E-state index in [4.69, 9.17) is 9.47 Å². The van der Waals surface area contributed by atoms with E-state index in [1.807, 2.05) is 30.6 Å². The van der Waals surface area contributed by atoms with Gasteiger partial charge in [0.15, 0.2) is 0 Å². The Hall–Kier alpha value is -1.18. The van der Waals surface area contributed by atoms with Gasteiger partial charge < -0.3 is 14.4 Å². The molecule has 0 saturated carbocycles. The summed E-state index contributed by atoms with van der Waals surface area (Å²) in [4.78, 5) is 30.2. The second kappa shape index (κ2) is 8.08. The maximum atomic E-state index is 12.3. The number of piperazine rings is 1. The highest BCUT2D eigenvalue weighted by atomic mass is 16.6. The number of ether oxygens (including phenoxy) is 2. The number of nitrogens with zero attached hydrogens (tertiary/aromatic N) is 3. The van der Waals surface area contributed by atoms with E-state index in [0.717, 1.165) is 13.1 Å². The SMILES string of the molecule is CC(C)(C)OC(=O)CN1CCN(C(=O)CN2CCOCC2)CC1. The average Bonchev–Trinajstić information content (AvgIpc) is 2.47. The third kappa shape index (κ3) is 6.45. The molecule has 0 N–H and O–H groups in total. The predicted octanol–water partition coefficient (Wildman–Crippen LogP) is -0.195. The Balaban J connectivity index is 1.68. The molecule has 0 bridgehead atoms. The Kier molecular flexibility index (Phi) is 6.38. The molecule has 2 aliphatic heterocycles. The van der Waals surface area contributed by atoms with Crippen LogP contribution >= 0.6 is 0 Å². The highest BCUT2D eigenvalue weighted by Gasteiger charge is 2.25. The second-order valence-electron chi connectivity index (χ2n) is 7.13. The molecular weight excluding hydrogens is 298 g/mol. The van der Waals surface area contributed by atoms with Crippen molar-refractivity contribution < 1.29 is 19.1 Å². The first-order valence-electron chi connectivity index (χ1n) is 8.35. The van der Waals surface area contributed by atoms with Gasteiger partial charge in [-0.15, -0.1) is 0 Å². The van der Waals surface area contributed by atoms with Crippen molar-refractivity contribution in [3.05, 3.63) is 0 Å². The second-order valence-corrected chi connectivity index (χ2v) is 7.13. The highest BCUT2D eigenvalue weighted by Crippen LogP contribution is 2.09. The molecule has 0 aromatic carbocycles. The molecule has 2 fully saturated rings. The van der Waals surface area contributed by atoms with Crippen LogP contribution in [0.3, 0.4) is 0 Å². The summed E-state index contributed by atoms with van der Waals surface area (Å²) in [5.74, 6) is -0.0330. The Morgan fingerprint density at radius 1 is 0.913 bits per heavy atom. The van der Waals surface area contributed by atoms with E-state index in [1.54, 1.807) is 0 Å². The van der Waals surface area contributed by atoms with Gasteiger partial charge >= 0.3 is 5.97 Å². The minimum absolute atomic E-state index is 0.170. The van der Waals surface area contributed by atoms with Gasteiger partial charge in [0.25, 0.3) is 0 Å². The Morgan fingerprint density at radius 3 is 2.04 bits per heavy atom. The minimum atomic E-state index is -0.451. The van der Waals surface area contributed by atoms with Crippen LogP contribution in [0.4, 0.5) is 0 Å². The fraction of sp³-hybridized carbons (Fsp3) is 0.875. The van der Waals surface area contributed by atoms with Crippen LogP contribution in [0, 0.1) is 0 Å². The van der Waals surface area contributed by atoms with Gasteiger partial charge in [-0.3, -0.25) is 19.4 Å². The highest BCUT2D eigenvalue weighted by molar-refractivity contribution is 5.78. The van der Waals surface area contributed by atoms with Gasteiger partial charge in [0.05, 0.1) is 26.3 Å². The van der Waals surface area contributed by atoms with Crippen molar-refractivity contribution in [1.29, 1.82) is 0 Å². The fourth-order valence-electron chi connectivity index (χ4n) is 2.76. The number of carbonyl (C=O) groups excluding carboxylic acids is 2. The molecule has 2 aliphatic rings. The van der Waals surface area contributed by atoms with Crippen LogP contribution in [0.1, 0.15) is 20.8 Å². The van der Waals surface area contributed by atoms with Crippen LogP contribution in [0.15, 0.2) is 0 Å². The number of esters is 1. The predicted molar refractivity (Wildman–Crippen MR) is 86.1 cm³/mol. The third-order valence-electron chi connectivity index (χ3n) is 3.96. The summed E-state index contributed by atoms with van der Waals surface area (Å²) in [6, 6.07) is 0. The van der Waals surface area contributed by atoms with Gasteiger partial charge in [-0.05, 0) is 20.8 Å². The van der Waals surface area contributed by atoms with Crippen LogP contribution in [-0.2, 0) is 19.1 Å². The smallest absolute Gasteiger partial charge is 0.320 e. The molecule has 2 saturated heterocycles. The molecule has 2 heterocycles. The first kappa shape index (κ1) is 18.2. The van der Waals surface area contributed by atoms with Crippen molar-refractivity contribution in [2.24, 2.45) is 0 Å². The topological polar surface area (TPSA) is 62.3 Å². The summed E-state index contributed by atoms with van der Waals surface area (Å²) in [7, 11) is 0. The first-order chi connectivity index (χ1) is 10.8. The lowest BCUT2D eigenvalue weighted by molar-refractivity contribution is -0.156. The molecule has 7 heteroatoms. The standard InChI is InChI=1S/C16H29N3O4/c1-16(2,3)23-15(21)13-17-4-6-19(7-5-17)14(20)12-18-8-10-22-11-9-18/h4-13H2,1-3H3. The molecule has 0 atom stereocenters. The van der Waals surface area contributed by atoms with E-state index >= 15 is 0 Å². The van der Waals surface area contributed by atoms with E-state index in [9.17, 15) is 9.59 Å². The summed E-state index contributed by atoms with van der Waals surface area (Å²) >= 11 is 0. The quantitative estimate of drug-likeness (QED) is 0.667. The molecule has 0 spiro atoms. The lowest BCUT2D eigenvalue weighted by Crippen LogP contribution is -2.53. The van der Waals surface area contributed by atoms with Crippen molar-refractivity contribution >= 4 is 11.9 Å². The minimum Gasteiger partial charge on any atom is -0.459 e. The molecule has 0 aromatic heterocycles. The van der Waals surface area contributed by atoms with Crippen molar-refractivity contribution in [3.63, 3.8) is 0 Å². The largest absolute Gasteiger partial charge is 0.459 e. The van der Waals surface area contributed by atoms with Gasteiger partial charge in [-0.1, -0.05) is 0 Å². The molecule has 2 rings (SSSR count). The lowest BCUT2D eigenvalue weighted by atomic mass is 10.2. The number of rotatable bonds is 4. The monoisotopic (exact) mass is 327 g/mol. The Morgan fingerprint density at radius 2 is 1.48 bits per heavy atom. The van der Waals surface area contributed by atoms with Crippen LogP contribution in [0.5, 0.6) is 0 Å². The van der Waals surface area contributed by atoms with Gasteiger partial charge in [-0.25, -0.2) is 0 Å². The zero-order chi connectivity index (χ0) is 16.9. The van der Waals surface area contributed by atoms with Gasteiger partial charge in [0, 0.05) is 39.3 Å². The molecule has 0 radical (unpaired) electrons. The van der Waals surface area contributed by atoms with Crippen LogP contribution in [0.25, 0.3) is 0 Å². The number of amides is 1. The van der Waals surface area contributed by atoms with Crippen molar-refractivity contribution in [2.75, 3.05) is 65.6 Å². The zero-order valence-corrected chi connectivity index (χ0v) is 14.5. The summed E-state index contributed by atoms with van der Waals surface area (Å²) in [6.45, 7) is 12.2. The van der Waals surface area contributed by atoms with Gasteiger partial charge in [0.2, 0.25) is 5.91 Å². The van der Waals surface area contributed by atoms with E-state index in [2.05, 4.69) is 4.90 Å². The maximum Gasteiger partial charge on any atom is 0.320 e. The molecule has 7 nitrogen and oxygen atoms in total. The summed E-state index contributed by atoms with van der Waals surface area (Å²) in [5, 5.41) is 0. The normalized spacial score (nSPS) is 21.3. The number of hydrogen-bond acceptors (Lipinski definition) is 6. The Labute approximate surface area is 138 Å².